The van der Waals surface area contributed by atoms with Gasteiger partial charge in [0.25, 0.3) is 0 Å². The minimum atomic E-state index is 0.296. The molecule has 0 unspecified atom stereocenters. The van der Waals surface area contributed by atoms with Crippen LogP contribution in [0.5, 0.6) is 0 Å². The monoisotopic (exact) mass is 493 g/mol. The molecular weight excluding hydrogens is 458 g/mol. The van der Waals surface area contributed by atoms with Crippen LogP contribution < -0.4 is 16.4 Å². The Morgan fingerprint density at radius 3 is 2.69 bits per heavy atom. The molecule has 1 aliphatic rings. The van der Waals surface area contributed by atoms with Crippen LogP contribution in [0.3, 0.4) is 0 Å². The molecule has 0 amide bonds. The SMILES string of the molecule is CC(C)=CCC/C(C)=C/Cn1cnc2c(Nc3cccc(Cl)c3)nc(NC3CCC(N)CC3)nc21. The molecule has 0 bridgehead atoms. The van der Waals surface area contributed by atoms with E-state index < -0.39 is 0 Å². The number of allylic oxidation sites excluding steroid dienone is 4. The van der Waals surface area contributed by atoms with E-state index in [2.05, 4.69) is 53.1 Å². The molecule has 0 spiro atoms. The van der Waals surface area contributed by atoms with Crippen LogP contribution in [0.15, 0.2) is 53.9 Å². The zero-order chi connectivity index (χ0) is 24.8. The van der Waals surface area contributed by atoms with E-state index in [1.807, 2.05) is 30.6 Å². The highest BCUT2D eigenvalue weighted by molar-refractivity contribution is 6.30. The number of fused-ring (bicyclic) bond motifs is 1. The lowest BCUT2D eigenvalue weighted by Gasteiger charge is -2.26. The van der Waals surface area contributed by atoms with Gasteiger partial charge in [-0.3, -0.25) is 0 Å². The molecule has 35 heavy (non-hydrogen) atoms. The number of nitrogens with two attached hydrogens (primary N) is 1. The normalized spacial score (nSPS) is 18.5. The molecule has 8 heteroatoms. The van der Waals surface area contributed by atoms with E-state index in [1.165, 1.54) is 11.1 Å². The molecule has 1 saturated carbocycles. The van der Waals surface area contributed by atoms with Crippen molar-refractivity contribution in [2.75, 3.05) is 10.6 Å². The molecule has 4 rings (SSSR count). The van der Waals surface area contributed by atoms with E-state index in [4.69, 9.17) is 27.3 Å². The number of nitrogens with one attached hydrogen (secondary N) is 2. The second-order valence-corrected chi connectivity index (χ2v) is 10.2. The molecule has 0 radical (unpaired) electrons. The standard InChI is InChI=1S/C27H36ClN7/c1-18(2)6-4-7-19(3)14-15-35-17-30-24-25(31-23-9-5-8-20(28)16-23)33-27(34-26(24)35)32-22-12-10-21(29)11-13-22/h5-6,8-9,14,16-17,21-22H,4,7,10-13,15,29H2,1-3H3,(H2,31,32,33,34)/b19-14+. The van der Waals surface area contributed by atoms with Crippen LogP contribution in [-0.4, -0.2) is 31.6 Å². The molecule has 0 aliphatic heterocycles. The third-order valence-corrected chi connectivity index (χ3v) is 6.62. The van der Waals surface area contributed by atoms with Crippen LogP contribution in [0.25, 0.3) is 11.2 Å². The van der Waals surface area contributed by atoms with Gasteiger partial charge in [0.2, 0.25) is 5.95 Å². The van der Waals surface area contributed by atoms with Crippen molar-refractivity contribution < 1.29 is 0 Å². The lowest BCUT2D eigenvalue weighted by atomic mass is 9.92. The zero-order valence-electron chi connectivity index (χ0n) is 20.9. The fourth-order valence-electron chi connectivity index (χ4n) is 4.32. The maximum Gasteiger partial charge on any atom is 0.227 e. The average molecular weight is 494 g/mol. The molecule has 7 nitrogen and oxygen atoms in total. The maximum absolute atomic E-state index is 6.20. The molecule has 3 aromatic rings. The Morgan fingerprint density at radius 1 is 1.14 bits per heavy atom. The summed E-state index contributed by atoms with van der Waals surface area (Å²) in [4.78, 5) is 14.3. The van der Waals surface area contributed by atoms with Crippen molar-refractivity contribution in [3.63, 3.8) is 0 Å². The Morgan fingerprint density at radius 2 is 1.94 bits per heavy atom. The number of hydrogen-bond acceptors (Lipinski definition) is 6. The lowest BCUT2D eigenvalue weighted by molar-refractivity contribution is 0.410. The molecule has 0 atom stereocenters. The summed E-state index contributed by atoms with van der Waals surface area (Å²) in [6, 6.07) is 8.22. The first kappa shape index (κ1) is 25.2. The Hall–Kier alpha value is -2.90. The number of imidazole rings is 1. The van der Waals surface area contributed by atoms with Gasteiger partial charge in [0.1, 0.15) is 0 Å². The third-order valence-electron chi connectivity index (χ3n) is 6.38. The van der Waals surface area contributed by atoms with Crippen LogP contribution in [0.2, 0.25) is 5.02 Å². The van der Waals surface area contributed by atoms with Crippen LogP contribution in [0.4, 0.5) is 17.5 Å². The topological polar surface area (TPSA) is 93.7 Å². The first-order valence-corrected chi connectivity index (χ1v) is 12.8. The van der Waals surface area contributed by atoms with Crippen LogP contribution in [0.1, 0.15) is 59.3 Å². The molecule has 1 fully saturated rings. The number of halogens is 1. The summed E-state index contributed by atoms with van der Waals surface area (Å²) >= 11 is 6.20. The van der Waals surface area contributed by atoms with E-state index in [0.717, 1.165) is 55.4 Å². The van der Waals surface area contributed by atoms with Crippen molar-refractivity contribution >= 4 is 40.2 Å². The molecule has 4 N–H and O–H groups in total. The molecule has 1 aliphatic carbocycles. The number of benzene rings is 1. The van der Waals surface area contributed by atoms with E-state index in [0.29, 0.717) is 35.4 Å². The van der Waals surface area contributed by atoms with Crippen molar-refractivity contribution in [2.24, 2.45) is 5.73 Å². The first-order chi connectivity index (χ1) is 16.9. The Labute approximate surface area is 212 Å². The Kier molecular flexibility index (Phi) is 8.42. The van der Waals surface area contributed by atoms with Gasteiger partial charge in [-0.05, 0) is 77.5 Å². The fourth-order valence-corrected chi connectivity index (χ4v) is 4.51. The summed E-state index contributed by atoms with van der Waals surface area (Å²) < 4.78 is 2.08. The molecule has 1 aromatic carbocycles. The minimum absolute atomic E-state index is 0.296. The Bertz CT molecular complexity index is 1200. The number of aromatic nitrogens is 4. The van der Waals surface area contributed by atoms with Gasteiger partial charge in [-0.1, -0.05) is 41.0 Å². The largest absolute Gasteiger partial charge is 0.351 e. The fraction of sp³-hybridized carbons (Fsp3) is 0.444. The van der Waals surface area contributed by atoms with Crippen molar-refractivity contribution in [2.45, 2.75) is 77.9 Å². The second-order valence-electron chi connectivity index (χ2n) is 9.73. The molecule has 186 valence electrons. The highest BCUT2D eigenvalue weighted by Gasteiger charge is 2.21. The number of anilines is 3. The van der Waals surface area contributed by atoms with Gasteiger partial charge in [0.05, 0.1) is 6.33 Å². The predicted octanol–water partition coefficient (Wildman–Crippen LogP) is 6.60. The zero-order valence-corrected chi connectivity index (χ0v) is 21.6. The van der Waals surface area contributed by atoms with Crippen LogP contribution >= 0.6 is 11.6 Å². The van der Waals surface area contributed by atoms with E-state index >= 15 is 0 Å². The van der Waals surface area contributed by atoms with Crippen LogP contribution in [0, 0.1) is 0 Å². The van der Waals surface area contributed by atoms with Gasteiger partial charge in [0.15, 0.2) is 17.0 Å². The second kappa shape index (κ2) is 11.7. The van der Waals surface area contributed by atoms with Gasteiger partial charge >= 0.3 is 0 Å². The molecule has 0 saturated heterocycles. The molecule has 2 heterocycles. The lowest BCUT2D eigenvalue weighted by Crippen LogP contribution is -2.33. The highest BCUT2D eigenvalue weighted by Crippen LogP contribution is 2.27. The van der Waals surface area contributed by atoms with Crippen LogP contribution in [-0.2, 0) is 6.54 Å². The summed E-state index contributed by atoms with van der Waals surface area (Å²) in [7, 11) is 0. The minimum Gasteiger partial charge on any atom is -0.351 e. The summed E-state index contributed by atoms with van der Waals surface area (Å²) in [6.07, 6.45) is 12.5. The van der Waals surface area contributed by atoms with Gasteiger partial charge in [-0.15, -0.1) is 0 Å². The molecular formula is C27H36ClN7. The van der Waals surface area contributed by atoms with Crippen molar-refractivity contribution in [3.05, 3.63) is 58.9 Å². The van der Waals surface area contributed by atoms with E-state index in [1.54, 1.807) is 0 Å². The summed E-state index contributed by atoms with van der Waals surface area (Å²) in [5.41, 5.74) is 11.2. The highest BCUT2D eigenvalue weighted by atomic mass is 35.5. The quantitative estimate of drug-likeness (QED) is 0.291. The summed E-state index contributed by atoms with van der Waals surface area (Å²) in [6.45, 7) is 7.17. The van der Waals surface area contributed by atoms with Crippen molar-refractivity contribution in [1.82, 2.24) is 19.5 Å². The predicted molar refractivity (Wildman–Crippen MR) is 146 cm³/mol. The van der Waals surface area contributed by atoms with Crippen molar-refractivity contribution in [3.8, 4) is 0 Å². The molecule has 2 aromatic heterocycles. The van der Waals surface area contributed by atoms with Gasteiger partial charge in [-0.25, -0.2) is 4.98 Å². The number of hydrogen-bond donors (Lipinski definition) is 3. The third kappa shape index (κ3) is 7.05. The summed E-state index contributed by atoms with van der Waals surface area (Å²) in [5.74, 6) is 1.27. The average Bonchev–Trinajstić information content (AvgIpc) is 3.22. The van der Waals surface area contributed by atoms with Gasteiger partial charge < -0.3 is 20.9 Å². The number of nitrogens with zero attached hydrogens (tertiary/aromatic N) is 4. The Balaban J connectivity index is 1.61. The summed E-state index contributed by atoms with van der Waals surface area (Å²) in [5, 5.41) is 7.60. The van der Waals surface area contributed by atoms with E-state index in [9.17, 15) is 0 Å². The smallest absolute Gasteiger partial charge is 0.227 e. The van der Waals surface area contributed by atoms with E-state index in [-0.39, 0.29) is 0 Å². The first-order valence-electron chi connectivity index (χ1n) is 12.4. The van der Waals surface area contributed by atoms with Crippen molar-refractivity contribution in [1.29, 1.82) is 0 Å². The number of rotatable bonds is 9. The van der Waals surface area contributed by atoms with Gasteiger partial charge in [-0.2, -0.15) is 9.97 Å². The van der Waals surface area contributed by atoms with Gasteiger partial charge in [0, 0.05) is 29.3 Å². The maximum atomic E-state index is 6.20.